The van der Waals surface area contributed by atoms with Gasteiger partial charge in [-0.15, -0.1) is 0 Å². The molecule has 1 aromatic carbocycles. The van der Waals surface area contributed by atoms with E-state index in [1.54, 1.807) is 13.8 Å². The van der Waals surface area contributed by atoms with Crippen LogP contribution in [-0.2, 0) is 14.8 Å². The molecular formula is C13H18F3N3O3S. The van der Waals surface area contributed by atoms with E-state index in [-0.39, 0.29) is 10.8 Å². The van der Waals surface area contributed by atoms with Gasteiger partial charge in [-0.3, -0.25) is 4.79 Å². The van der Waals surface area contributed by atoms with Crippen molar-refractivity contribution in [2.24, 2.45) is 11.7 Å². The van der Waals surface area contributed by atoms with Crippen molar-refractivity contribution in [2.75, 3.05) is 11.9 Å². The summed E-state index contributed by atoms with van der Waals surface area (Å²) in [5, 5.41) is 2.50. The second-order valence-electron chi connectivity index (χ2n) is 5.22. The predicted molar refractivity (Wildman–Crippen MR) is 79.1 cm³/mol. The van der Waals surface area contributed by atoms with Gasteiger partial charge in [-0.05, 0) is 30.2 Å². The summed E-state index contributed by atoms with van der Waals surface area (Å²) in [7, 11) is -4.28. The van der Waals surface area contributed by atoms with Gasteiger partial charge in [0.05, 0.1) is 10.9 Å². The predicted octanol–water partition coefficient (Wildman–Crippen LogP) is 1.45. The molecule has 1 atom stereocenters. The molecule has 1 rings (SSSR count). The van der Waals surface area contributed by atoms with Crippen LogP contribution in [-0.4, -0.2) is 33.1 Å². The molecule has 0 spiro atoms. The molecule has 0 fully saturated rings. The van der Waals surface area contributed by atoms with Crippen molar-refractivity contribution in [3.8, 4) is 0 Å². The van der Waals surface area contributed by atoms with Gasteiger partial charge >= 0.3 is 6.18 Å². The van der Waals surface area contributed by atoms with E-state index in [2.05, 4.69) is 5.32 Å². The first-order valence-corrected chi connectivity index (χ1v) is 8.13. The van der Waals surface area contributed by atoms with Crippen molar-refractivity contribution in [2.45, 2.75) is 31.0 Å². The zero-order valence-electron chi connectivity index (χ0n) is 12.5. The Morgan fingerprint density at radius 1 is 1.22 bits per heavy atom. The number of rotatable bonds is 6. The van der Waals surface area contributed by atoms with E-state index in [0.717, 1.165) is 12.1 Å². The number of sulfonamides is 1. The highest BCUT2D eigenvalue weighted by Gasteiger charge is 2.30. The summed E-state index contributed by atoms with van der Waals surface area (Å²) in [6.07, 6.45) is -4.64. The number of nitrogens with two attached hydrogens (primary N) is 1. The Labute approximate surface area is 132 Å². The lowest BCUT2D eigenvalue weighted by molar-refractivity contribution is -0.121. The third-order valence-electron chi connectivity index (χ3n) is 2.92. The molecule has 0 bridgehead atoms. The SMILES string of the molecule is CC(C)[C@H](N)C(=O)Nc1ccc(S(=O)(=O)NCC(F)(F)F)cc1. The number of hydrogen-bond acceptors (Lipinski definition) is 4. The fourth-order valence-electron chi connectivity index (χ4n) is 1.51. The fraction of sp³-hybridized carbons (Fsp3) is 0.462. The van der Waals surface area contributed by atoms with Crippen molar-refractivity contribution in [1.29, 1.82) is 0 Å². The minimum atomic E-state index is -4.64. The number of benzene rings is 1. The normalized spacial score (nSPS) is 13.9. The van der Waals surface area contributed by atoms with E-state index < -0.39 is 34.7 Å². The van der Waals surface area contributed by atoms with Gasteiger partial charge in [0.15, 0.2) is 0 Å². The first-order valence-electron chi connectivity index (χ1n) is 6.65. The van der Waals surface area contributed by atoms with Crippen LogP contribution < -0.4 is 15.8 Å². The number of amides is 1. The Hall–Kier alpha value is -1.65. The molecule has 0 saturated carbocycles. The average molecular weight is 353 g/mol. The average Bonchev–Trinajstić information content (AvgIpc) is 2.44. The number of carbonyl (C=O) groups excluding carboxylic acids is 1. The van der Waals surface area contributed by atoms with E-state index in [1.807, 2.05) is 0 Å². The summed E-state index contributed by atoms with van der Waals surface area (Å²) in [5.41, 5.74) is 5.96. The summed E-state index contributed by atoms with van der Waals surface area (Å²) in [5.74, 6) is -0.521. The van der Waals surface area contributed by atoms with Gasteiger partial charge in [0.2, 0.25) is 15.9 Å². The first-order chi connectivity index (χ1) is 10.4. The Kier molecular flexibility index (Phi) is 6.14. The van der Waals surface area contributed by atoms with Crippen LogP contribution in [0.4, 0.5) is 18.9 Å². The first kappa shape index (κ1) is 19.4. The third kappa shape index (κ3) is 6.16. The molecule has 6 nitrogen and oxygen atoms in total. The highest BCUT2D eigenvalue weighted by atomic mass is 32.2. The zero-order valence-corrected chi connectivity index (χ0v) is 13.3. The Balaban J connectivity index is 2.78. The van der Waals surface area contributed by atoms with Crippen LogP contribution in [0.1, 0.15) is 13.8 Å². The Morgan fingerprint density at radius 3 is 2.17 bits per heavy atom. The van der Waals surface area contributed by atoms with Gasteiger partial charge in [0.25, 0.3) is 0 Å². The maximum Gasteiger partial charge on any atom is 0.402 e. The largest absolute Gasteiger partial charge is 0.402 e. The fourth-order valence-corrected chi connectivity index (χ4v) is 2.52. The van der Waals surface area contributed by atoms with Gasteiger partial charge < -0.3 is 11.1 Å². The molecule has 130 valence electrons. The minimum Gasteiger partial charge on any atom is -0.325 e. The van der Waals surface area contributed by atoms with Gasteiger partial charge in [-0.1, -0.05) is 13.8 Å². The molecule has 1 amide bonds. The maximum atomic E-state index is 12.1. The molecule has 0 radical (unpaired) electrons. The Morgan fingerprint density at radius 2 is 1.74 bits per heavy atom. The summed E-state index contributed by atoms with van der Waals surface area (Å²) in [4.78, 5) is 11.4. The molecule has 10 heteroatoms. The van der Waals surface area contributed by atoms with Gasteiger partial charge in [0.1, 0.15) is 6.54 Å². The maximum absolute atomic E-state index is 12.1. The minimum absolute atomic E-state index is 0.0822. The third-order valence-corrected chi connectivity index (χ3v) is 4.33. The van der Waals surface area contributed by atoms with Gasteiger partial charge in [0, 0.05) is 5.69 Å². The van der Waals surface area contributed by atoms with E-state index in [9.17, 15) is 26.4 Å². The zero-order chi connectivity index (χ0) is 17.8. The Bertz CT molecular complexity index is 643. The van der Waals surface area contributed by atoms with E-state index in [1.165, 1.54) is 16.9 Å². The quantitative estimate of drug-likeness (QED) is 0.720. The van der Waals surface area contributed by atoms with Crippen molar-refractivity contribution < 1.29 is 26.4 Å². The van der Waals surface area contributed by atoms with Crippen molar-refractivity contribution in [1.82, 2.24) is 4.72 Å². The number of carbonyl (C=O) groups is 1. The van der Waals surface area contributed by atoms with Crippen LogP contribution >= 0.6 is 0 Å². The number of anilines is 1. The smallest absolute Gasteiger partial charge is 0.325 e. The summed E-state index contributed by atoms with van der Waals surface area (Å²) in [6.45, 7) is 1.88. The van der Waals surface area contributed by atoms with E-state index >= 15 is 0 Å². The molecule has 1 aromatic rings. The second kappa shape index (κ2) is 7.28. The van der Waals surface area contributed by atoms with Crippen LogP contribution in [0, 0.1) is 5.92 Å². The standard InChI is InChI=1S/C13H18F3N3O3S/c1-8(2)11(17)12(20)19-9-3-5-10(6-4-9)23(21,22)18-7-13(14,15)16/h3-6,8,11,18H,7,17H2,1-2H3,(H,19,20)/t11-/m0/s1. The number of nitrogens with one attached hydrogen (secondary N) is 2. The van der Waals surface area contributed by atoms with Crippen molar-refractivity contribution in [3.05, 3.63) is 24.3 Å². The second-order valence-corrected chi connectivity index (χ2v) is 6.99. The molecule has 0 saturated heterocycles. The van der Waals surface area contributed by atoms with Gasteiger partial charge in [-0.25, -0.2) is 13.1 Å². The van der Waals surface area contributed by atoms with E-state index in [4.69, 9.17) is 5.73 Å². The van der Waals surface area contributed by atoms with Crippen LogP contribution in [0.2, 0.25) is 0 Å². The molecular weight excluding hydrogens is 335 g/mol. The summed E-state index contributed by atoms with van der Waals surface area (Å²) >= 11 is 0. The lowest BCUT2D eigenvalue weighted by Gasteiger charge is -2.15. The molecule has 0 unspecified atom stereocenters. The lowest BCUT2D eigenvalue weighted by Crippen LogP contribution is -2.39. The summed E-state index contributed by atoms with van der Waals surface area (Å²) < 4.78 is 61.0. The van der Waals surface area contributed by atoms with Crippen LogP contribution in [0.5, 0.6) is 0 Å². The molecule has 0 heterocycles. The number of hydrogen-bond donors (Lipinski definition) is 3. The number of halogens is 3. The molecule has 0 aliphatic carbocycles. The molecule has 4 N–H and O–H groups in total. The van der Waals surface area contributed by atoms with E-state index in [0.29, 0.717) is 5.69 Å². The van der Waals surface area contributed by atoms with Crippen molar-refractivity contribution in [3.63, 3.8) is 0 Å². The highest BCUT2D eigenvalue weighted by molar-refractivity contribution is 7.89. The van der Waals surface area contributed by atoms with Crippen LogP contribution in [0.15, 0.2) is 29.2 Å². The topological polar surface area (TPSA) is 101 Å². The molecule has 23 heavy (non-hydrogen) atoms. The molecule has 0 aliphatic heterocycles. The highest BCUT2D eigenvalue weighted by Crippen LogP contribution is 2.17. The number of alkyl halides is 3. The summed E-state index contributed by atoms with van der Waals surface area (Å²) in [6, 6.07) is 4.00. The lowest BCUT2D eigenvalue weighted by atomic mass is 10.1. The van der Waals surface area contributed by atoms with Crippen molar-refractivity contribution >= 4 is 21.6 Å². The van der Waals surface area contributed by atoms with Crippen LogP contribution in [0.3, 0.4) is 0 Å². The molecule has 0 aromatic heterocycles. The molecule has 0 aliphatic rings. The van der Waals surface area contributed by atoms with Gasteiger partial charge in [-0.2, -0.15) is 13.2 Å². The van der Waals surface area contributed by atoms with Crippen LogP contribution in [0.25, 0.3) is 0 Å². The monoisotopic (exact) mass is 353 g/mol.